The van der Waals surface area contributed by atoms with E-state index in [2.05, 4.69) is 20.8 Å². The molecule has 2 aromatic rings. The molecule has 2 aromatic heterocycles. The lowest BCUT2D eigenvalue weighted by Gasteiger charge is -2.13. The quantitative estimate of drug-likeness (QED) is 0.843. The number of hydrogen-bond acceptors (Lipinski definition) is 3. The van der Waals surface area contributed by atoms with Crippen LogP contribution in [0.1, 0.15) is 25.3 Å². The number of fused-ring (bicyclic) bond motifs is 1. The lowest BCUT2D eigenvalue weighted by molar-refractivity contribution is 0.527. The normalized spacial score (nSPS) is 24.5. The lowest BCUT2D eigenvalue weighted by atomic mass is 10.2. The first-order valence-electron chi connectivity index (χ1n) is 5.86. The van der Waals surface area contributed by atoms with Gasteiger partial charge in [-0.2, -0.15) is 11.8 Å². The predicted molar refractivity (Wildman–Crippen MR) is 75.1 cm³/mol. The molecule has 0 aliphatic heterocycles. The fraction of sp³-hybridized carbons (Fsp3) is 0.500. The van der Waals surface area contributed by atoms with Gasteiger partial charge in [0.05, 0.1) is 17.2 Å². The van der Waals surface area contributed by atoms with Gasteiger partial charge < -0.3 is 9.55 Å². The molecule has 0 bridgehead atoms. The summed E-state index contributed by atoms with van der Waals surface area (Å²) in [6.45, 7) is 0. The molecule has 2 atom stereocenters. The second kappa shape index (κ2) is 4.46. The van der Waals surface area contributed by atoms with Gasteiger partial charge in [-0.15, -0.1) is 0 Å². The Hall–Kier alpha value is -0.810. The molecular weight excluding hydrogens is 250 g/mol. The van der Waals surface area contributed by atoms with Crippen LogP contribution < -0.4 is 0 Å². The van der Waals surface area contributed by atoms with Crippen LogP contribution in [0.25, 0.3) is 11.0 Å². The molecule has 5 heteroatoms. The predicted octanol–water partition coefficient (Wildman–Crippen LogP) is 3.55. The molecule has 1 fully saturated rings. The van der Waals surface area contributed by atoms with Crippen LogP contribution >= 0.6 is 24.0 Å². The number of rotatable bonds is 2. The van der Waals surface area contributed by atoms with Crippen molar-refractivity contribution < 1.29 is 0 Å². The number of nitrogens with zero attached hydrogens (tertiary/aromatic N) is 2. The van der Waals surface area contributed by atoms with Crippen molar-refractivity contribution in [2.24, 2.45) is 0 Å². The van der Waals surface area contributed by atoms with E-state index in [4.69, 9.17) is 12.2 Å². The van der Waals surface area contributed by atoms with E-state index in [0.29, 0.717) is 6.04 Å². The van der Waals surface area contributed by atoms with Crippen molar-refractivity contribution in [3.05, 3.63) is 23.2 Å². The van der Waals surface area contributed by atoms with Crippen LogP contribution in [0, 0.1) is 4.77 Å². The molecule has 1 aliphatic rings. The number of nitrogens with one attached hydrogen (secondary N) is 1. The maximum absolute atomic E-state index is 5.44. The van der Waals surface area contributed by atoms with Crippen LogP contribution in [0.4, 0.5) is 0 Å². The zero-order chi connectivity index (χ0) is 11.8. The van der Waals surface area contributed by atoms with E-state index in [0.717, 1.165) is 15.5 Å². The first-order chi connectivity index (χ1) is 8.29. The summed E-state index contributed by atoms with van der Waals surface area (Å²) in [5.74, 6) is 0. The molecule has 0 radical (unpaired) electrons. The minimum atomic E-state index is 0.552. The Labute approximate surface area is 110 Å². The van der Waals surface area contributed by atoms with Crippen LogP contribution in [-0.4, -0.2) is 26.0 Å². The molecule has 1 saturated carbocycles. The molecule has 17 heavy (non-hydrogen) atoms. The first kappa shape index (κ1) is 11.3. The Bertz CT molecular complexity index is 587. The number of aromatic nitrogens is 3. The third kappa shape index (κ3) is 1.91. The summed E-state index contributed by atoms with van der Waals surface area (Å²) in [7, 11) is 0. The van der Waals surface area contributed by atoms with Crippen LogP contribution in [0.5, 0.6) is 0 Å². The summed E-state index contributed by atoms with van der Waals surface area (Å²) < 4.78 is 3.11. The van der Waals surface area contributed by atoms with Gasteiger partial charge in [-0.05, 0) is 43.8 Å². The van der Waals surface area contributed by atoms with Gasteiger partial charge in [-0.1, -0.05) is 0 Å². The van der Waals surface area contributed by atoms with Crippen molar-refractivity contribution in [2.45, 2.75) is 30.6 Å². The molecule has 1 N–H and O–H groups in total. The molecule has 90 valence electrons. The van der Waals surface area contributed by atoms with Gasteiger partial charge in [-0.3, -0.25) is 4.98 Å². The second-order valence-electron chi connectivity index (χ2n) is 4.52. The average Bonchev–Trinajstić information content (AvgIpc) is 2.91. The third-order valence-electron chi connectivity index (χ3n) is 3.57. The maximum atomic E-state index is 5.44. The number of thioether (sulfide) groups is 1. The largest absolute Gasteiger partial charge is 0.329 e. The highest BCUT2D eigenvalue weighted by atomic mass is 32.2. The Kier molecular flexibility index (Phi) is 2.96. The summed E-state index contributed by atoms with van der Waals surface area (Å²) in [4.78, 5) is 7.38. The summed E-state index contributed by atoms with van der Waals surface area (Å²) in [5.41, 5.74) is 2.24. The SMILES string of the molecule is CSC1CCC(n2c(=S)[nH]c3cnccc32)C1. The van der Waals surface area contributed by atoms with Gasteiger partial charge in [0.1, 0.15) is 0 Å². The number of imidazole rings is 1. The van der Waals surface area contributed by atoms with E-state index in [1.165, 1.54) is 24.8 Å². The monoisotopic (exact) mass is 265 g/mol. The van der Waals surface area contributed by atoms with Crippen molar-refractivity contribution in [1.82, 2.24) is 14.5 Å². The van der Waals surface area contributed by atoms with E-state index in [-0.39, 0.29) is 0 Å². The summed E-state index contributed by atoms with van der Waals surface area (Å²) >= 11 is 7.41. The standard InChI is InChI=1S/C12H15N3S2/c1-17-9-3-2-8(6-9)15-11-4-5-13-7-10(11)14-12(15)16/h4-5,7-9H,2-3,6H2,1H3,(H,14,16). The summed E-state index contributed by atoms with van der Waals surface area (Å²) in [6, 6.07) is 2.60. The van der Waals surface area contributed by atoms with Gasteiger partial charge in [0.25, 0.3) is 0 Å². The van der Waals surface area contributed by atoms with Gasteiger partial charge in [-0.25, -0.2) is 0 Å². The summed E-state index contributed by atoms with van der Waals surface area (Å²) in [5, 5.41) is 0.786. The van der Waals surface area contributed by atoms with Crippen molar-refractivity contribution in [1.29, 1.82) is 0 Å². The zero-order valence-corrected chi connectivity index (χ0v) is 11.4. The first-order valence-corrected chi connectivity index (χ1v) is 7.56. The fourth-order valence-electron chi connectivity index (χ4n) is 2.71. The molecule has 0 saturated heterocycles. The smallest absolute Gasteiger partial charge is 0.178 e. The summed E-state index contributed by atoms with van der Waals surface area (Å²) in [6.07, 6.45) is 9.64. The van der Waals surface area contributed by atoms with Gasteiger partial charge >= 0.3 is 0 Å². The van der Waals surface area contributed by atoms with Crippen LogP contribution in [0.2, 0.25) is 0 Å². The van der Waals surface area contributed by atoms with Crippen molar-refractivity contribution in [3.63, 3.8) is 0 Å². The van der Waals surface area contributed by atoms with Crippen molar-refractivity contribution in [2.75, 3.05) is 6.26 Å². The van der Waals surface area contributed by atoms with E-state index in [1.807, 2.05) is 30.2 Å². The molecule has 2 heterocycles. The minimum absolute atomic E-state index is 0.552. The molecule has 0 spiro atoms. The Morgan fingerprint density at radius 3 is 3.18 bits per heavy atom. The number of aromatic amines is 1. The van der Waals surface area contributed by atoms with E-state index >= 15 is 0 Å². The Morgan fingerprint density at radius 2 is 2.41 bits per heavy atom. The van der Waals surface area contributed by atoms with Crippen molar-refractivity contribution >= 4 is 35.0 Å². The van der Waals surface area contributed by atoms with E-state index < -0.39 is 0 Å². The molecule has 3 rings (SSSR count). The molecule has 0 amide bonds. The van der Waals surface area contributed by atoms with Gasteiger partial charge in [0.15, 0.2) is 4.77 Å². The van der Waals surface area contributed by atoms with Crippen LogP contribution in [0.3, 0.4) is 0 Å². The molecule has 1 aliphatic carbocycles. The molecule has 0 aromatic carbocycles. The third-order valence-corrected chi connectivity index (χ3v) is 4.97. The highest BCUT2D eigenvalue weighted by Gasteiger charge is 2.26. The zero-order valence-electron chi connectivity index (χ0n) is 9.72. The molecule has 3 nitrogen and oxygen atoms in total. The van der Waals surface area contributed by atoms with E-state index in [9.17, 15) is 0 Å². The topological polar surface area (TPSA) is 33.6 Å². The number of hydrogen-bond donors (Lipinski definition) is 1. The second-order valence-corrected chi connectivity index (χ2v) is 6.04. The lowest BCUT2D eigenvalue weighted by Crippen LogP contribution is -2.06. The Balaban J connectivity index is 2.06. The van der Waals surface area contributed by atoms with E-state index in [1.54, 1.807) is 0 Å². The minimum Gasteiger partial charge on any atom is -0.329 e. The average molecular weight is 265 g/mol. The van der Waals surface area contributed by atoms with Crippen LogP contribution in [-0.2, 0) is 0 Å². The van der Waals surface area contributed by atoms with Crippen LogP contribution in [0.15, 0.2) is 18.5 Å². The fourth-order valence-corrected chi connectivity index (χ4v) is 3.85. The molecule has 2 unspecified atom stereocenters. The van der Waals surface area contributed by atoms with Gasteiger partial charge in [0.2, 0.25) is 0 Å². The number of pyridine rings is 1. The molecular formula is C12H15N3S2. The highest BCUT2D eigenvalue weighted by molar-refractivity contribution is 7.99. The maximum Gasteiger partial charge on any atom is 0.178 e. The van der Waals surface area contributed by atoms with Crippen molar-refractivity contribution in [3.8, 4) is 0 Å². The number of H-pyrrole nitrogens is 1. The highest BCUT2D eigenvalue weighted by Crippen LogP contribution is 2.37. The Morgan fingerprint density at radius 1 is 1.53 bits per heavy atom. The van der Waals surface area contributed by atoms with Gasteiger partial charge in [0, 0.05) is 17.5 Å².